The van der Waals surface area contributed by atoms with E-state index in [-0.39, 0.29) is 16.8 Å². The zero-order valence-corrected chi connectivity index (χ0v) is 12.2. The van der Waals surface area contributed by atoms with Crippen LogP contribution in [0.3, 0.4) is 0 Å². The smallest absolute Gasteiger partial charge is 0.345 e. The first-order valence-corrected chi connectivity index (χ1v) is 6.70. The summed E-state index contributed by atoms with van der Waals surface area (Å²) in [5.41, 5.74) is -2.20. The second-order valence-electron chi connectivity index (χ2n) is 4.88. The molecule has 120 valence electrons. The third kappa shape index (κ3) is 3.05. The Morgan fingerprint density at radius 2 is 1.74 bits per heavy atom. The second-order valence-corrected chi connectivity index (χ2v) is 4.88. The molecule has 0 saturated heterocycles. The monoisotopic (exact) mass is 317 g/mol. The molecular formula is C16H15NO6. The van der Waals surface area contributed by atoms with E-state index in [1.54, 1.807) is 18.2 Å². The molecule has 0 saturated carbocycles. The van der Waals surface area contributed by atoms with Crippen LogP contribution in [0, 0.1) is 10.1 Å². The first-order valence-electron chi connectivity index (χ1n) is 6.70. The van der Waals surface area contributed by atoms with Crippen LogP contribution in [-0.2, 0) is 15.1 Å². The summed E-state index contributed by atoms with van der Waals surface area (Å²) in [5.74, 6) is -1.03. The van der Waals surface area contributed by atoms with Gasteiger partial charge >= 0.3 is 5.97 Å². The van der Waals surface area contributed by atoms with Gasteiger partial charge in [-0.05, 0) is 23.3 Å². The first kappa shape index (κ1) is 16.6. The van der Waals surface area contributed by atoms with Crippen molar-refractivity contribution in [2.24, 2.45) is 0 Å². The molecule has 2 rings (SSSR count). The van der Waals surface area contributed by atoms with Gasteiger partial charge in [0, 0.05) is 12.1 Å². The molecular weight excluding hydrogens is 302 g/mol. The number of carbonyl (C=O) groups is 1. The molecule has 7 nitrogen and oxygen atoms in total. The molecule has 0 bridgehead atoms. The number of carbonyl (C=O) groups excluding carboxylic acids is 1. The van der Waals surface area contributed by atoms with Gasteiger partial charge < -0.3 is 14.9 Å². The number of methoxy groups -OCH3 is 1. The molecule has 2 atom stereocenters. The lowest BCUT2D eigenvalue weighted by molar-refractivity contribution is -0.384. The number of aliphatic hydroxyl groups is 2. The zero-order chi connectivity index (χ0) is 17.0. The highest BCUT2D eigenvalue weighted by molar-refractivity contribution is 5.82. The summed E-state index contributed by atoms with van der Waals surface area (Å²) in [6.07, 6.45) is -1.65. The quantitative estimate of drug-likeness (QED) is 0.493. The number of nitrogens with zero attached hydrogens (tertiary/aromatic N) is 1. The zero-order valence-electron chi connectivity index (χ0n) is 12.2. The lowest BCUT2D eigenvalue weighted by Crippen LogP contribution is -2.42. The third-order valence-electron chi connectivity index (χ3n) is 3.53. The van der Waals surface area contributed by atoms with Crippen molar-refractivity contribution in [2.45, 2.75) is 11.7 Å². The van der Waals surface area contributed by atoms with Gasteiger partial charge in [-0.3, -0.25) is 10.1 Å². The van der Waals surface area contributed by atoms with Crippen LogP contribution in [0.1, 0.15) is 17.2 Å². The van der Waals surface area contributed by atoms with E-state index in [4.69, 9.17) is 0 Å². The van der Waals surface area contributed by atoms with Crippen LogP contribution >= 0.6 is 0 Å². The second kappa shape index (κ2) is 6.55. The van der Waals surface area contributed by atoms with Gasteiger partial charge in [0.05, 0.1) is 12.0 Å². The molecule has 0 aliphatic carbocycles. The van der Waals surface area contributed by atoms with Crippen molar-refractivity contribution >= 4 is 11.7 Å². The van der Waals surface area contributed by atoms with E-state index in [2.05, 4.69) is 4.74 Å². The van der Waals surface area contributed by atoms with E-state index in [9.17, 15) is 25.1 Å². The van der Waals surface area contributed by atoms with E-state index in [1.807, 2.05) is 0 Å². The van der Waals surface area contributed by atoms with E-state index in [1.165, 1.54) is 36.4 Å². The Bertz CT molecular complexity index is 700. The molecule has 7 heteroatoms. The van der Waals surface area contributed by atoms with E-state index < -0.39 is 22.6 Å². The molecule has 0 unspecified atom stereocenters. The van der Waals surface area contributed by atoms with Gasteiger partial charge in [-0.15, -0.1) is 0 Å². The molecule has 0 fully saturated rings. The highest BCUT2D eigenvalue weighted by atomic mass is 16.6. The van der Waals surface area contributed by atoms with Crippen LogP contribution in [0.2, 0.25) is 0 Å². The van der Waals surface area contributed by atoms with Crippen molar-refractivity contribution < 1.29 is 24.7 Å². The summed E-state index contributed by atoms with van der Waals surface area (Å²) < 4.78 is 4.62. The Labute approximate surface area is 131 Å². The Balaban J connectivity index is 2.47. The Morgan fingerprint density at radius 3 is 2.22 bits per heavy atom. The Hall–Kier alpha value is -2.77. The molecule has 0 amide bonds. The molecule has 0 radical (unpaired) electrons. The number of non-ortho nitro benzene ring substituents is 1. The fourth-order valence-electron chi connectivity index (χ4n) is 2.25. The number of hydrogen-bond acceptors (Lipinski definition) is 6. The van der Waals surface area contributed by atoms with Crippen molar-refractivity contribution in [1.29, 1.82) is 0 Å². The van der Waals surface area contributed by atoms with Crippen LogP contribution in [0.25, 0.3) is 0 Å². The SMILES string of the molecule is COC(=O)[C@](O)(c1ccccc1)[C@@H](O)c1ccc([N+](=O)[O-])cc1. The lowest BCUT2D eigenvalue weighted by Gasteiger charge is -2.30. The van der Waals surface area contributed by atoms with Crippen molar-refractivity contribution in [2.75, 3.05) is 7.11 Å². The standard InChI is InChI=1S/C16H15NO6/c1-23-15(19)16(20,12-5-3-2-4-6-12)14(18)11-7-9-13(10-8-11)17(21)22/h2-10,14,18,20H,1H3/t14-,16-/m0/s1. The summed E-state index contributed by atoms with van der Waals surface area (Å²) in [6.45, 7) is 0. The van der Waals surface area contributed by atoms with Crippen LogP contribution in [-0.4, -0.2) is 28.2 Å². The number of ether oxygens (including phenoxy) is 1. The number of esters is 1. The minimum Gasteiger partial charge on any atom is -0.467 e. The minimum absolute atomic E-state index is 0.146. The topological polar surface area (TPSA) is 110 Å². The van der Waals surface area contributed by atoms with Crippen LogP contribution < -0.4 is 0 Å². The Kier molecular flexibility index (Phi) is 4.73. The summed E-state index contributed by atoms with van der Waals surface area (Å²) in [4.78, 5) is 22.2. The number of rotatable bonds is 5. The summed E-state index contributed by atoms with van der Waals surface area (Å²) in [6, 6.07) is 12.8. The molecule has 2 aromatic rings. The van der Waals surface area contributed by atoms with E-state index in [0.717, 1.165) is 7.11 Å². The molecule has 23 heavy (non-hydrogen) atoms. The number of benzene rings is 2. The molecule has 0 spiro atoms. The normalized spacial score (nSPS) is 14.6. The number of aliphatic hydroxyl groups excluding tert-OH is 1. The van der Waals surface area contributed by atoms with Gasteiger partial charge in [-0.2, -0.15) is 0 Å². The molecule has 0 aromatic heterocycles. The largest absolute Gasteiger partial charge is 0.467 e. The van der Waals surface area contributed by atoms with Crippen molar-refractivity contribution in [3.05, 3.63) is 75.8 Å². The fraction of sp³-hybridized carbons (Fsp3) is 0.188. The first-order chi connectivity index (χ1) is 10.9. The average molecular weight is 317 g/mol. The number of nitro groups is 1. The lowest BCUT2D eigenvalue weighted by atomic mass is 9.84. The van der Waals surface area contributed by atoms with Crippen molar-refractivity contribution in [3.63, 3.8) is 0 Å². The maximum atomic E-state index is 12.1. The van der Waals surface area contributed by atoms with Gasteiger partial charge in [-0.25, -0.2) is 4.79 Å². The maximum absolute atomic E-state index is 12.1. The molecule has 0 heterocycles. The third-order valence-corrected chi connectivity index (χ3v) is 3.53. The van der Waals surface area contributed by atoms with Crippen LogP contribution in [0.5, 0.6) is 0 Å². The van der Waals surface area contributed by atoms with Crippen LogP contribution in [0.15, 0.2) is 54.6 Å². The van der Waals surface area contributed by atoms with Crippen molar-refractivity contribution in [3.8, 4) is 0 Å². The number of hydrogen-bond donors (Lipinski definition) is 2. The maximum Gasteiger partial charge on any atom is 0.345 e. The highest BCUT2D eigenvalue weighted by Gasteiger charge is 2.47. The van der Waals surface area contributed by atoms with Gasteiger partial charge in [0.2, 0.25) is 5.60 Å². The molecule has 0 aliphatic rings. The predicted molar refractivity (Wildman–Crippen MR) is 80.4 cm³/mol. The fourth-order valence-corrected chi connectivity index (χ4v) is 2.25. The van der Waals surface area contributed by atoms with E-state index >= 15 is 0 Å². The summed E-state index contributed by atoms with van der Waals surface area (Å²) in [7, 11) is 1.10. The van der Waals surface area contributed by atoms with Crippen molar-refractivity contribution in [1.82, 2.24) is 0 Å². The van der Waals surface area contributed by atoms with E-state index in [0.29, 0.717) is 0 Å². The van der Waals surface area contributed by atoms with Gasteiger partial charge in [0.1, 0.15) is 6.10 Å². The molecule has 2 N–H and O–H groups in total. The summed E-state index contributed by atoms with van der Waals surface area (Å²) in [5, 5.41) is 32.0. The summed E-state index contributed by atoms with van der Waals surface area (Å²) >= 11 is 0. The van der Waals surface area contributed by atoms with Crippen LogP contribution in [0.4, 0.5) is 5.69 Å². The van der Waals surface area contributed by atoms with Gasteiger partial charge in [0.25, 0.3) is 5.69 Å². The predicted octanol–water partition coefficient (Wildman–Crippen LogP) is 1.69. The Morgan fingerprint density at radius 1 is 1.17 bits per heavy atom. The van der Waals surface area contributed by atoms with Gasteiger partial charge in [0.15, 0.2) is 0 Å². The van der Waals surface area contributed by atoms with Gasteiger partial charge in [-0.1, -0.05) is 30.3 Å². The number of nitro benzene ring substituents is 1. The average Bonchev–Trinajstić information content (AvgIpc) is 2.60. The molecule has 0 aliphatic heterocycles. The minimum atomic E-state index is -2.33. The molecule has 2 aromatic carbocycles. The highest BCUT2D eigenvalue weighted by Crippen LogP contribution is 2.36.